The maximum absolute atomic E-state index is 11.6. The van der Waals surface area contributed by atoms with Gasteiger partial charge in [0.2, 0.25) is 0 Å². The van der Waals surface area contributed by atoms with Crippen molar-refractivity contribution in [3.63, 3.8) is 0 Å². The van der Waals surface area contributed by atoms with Crippen LogP contribution in [0.4, 0.5) is 0 Å². The van der Waals surface area contributed by atoms with E-state index in [1.165, 1.54) is 6.92 Å². The third-order valence-electron chi connectivity index (χ3n) is 1.84. The molecule has 0 aromatic heterocycles. The average molecular weight is 209 g/mol. The third kappa shape index (κ3) is 2.27. The summed E-state index contributed by atoms with van der Waals surface area (Å²) in [6, 6.07) is 0. The second kappa shape index (κ2) is 3.74. The number of nitrogens with zero attached hydrogens (tertiary/aromatic N) is 1. The molecule has 1 aliphatic rings. The molecule has 0 N–H and O–H groups in total. The fourth-order valence-corrected chi connectivity index (χ4v) is 2.54. The first kappa shape index (κ1) is 10.6. The van der Waals surface area contributed by atoms with E-state index in [1.54, 1.807) is 0 Å². The zero-order valence-electron chi connectivity index (χ0n) is 7.50. The first-order chi connectivity index (χ1) is 5.96. The monoisotopic (exact) mass is 209 g/mol. The number of rotatable bonds is 2. The lowest BCUT2D eigenvalue weighted by atomic mass is 10.2. The van der Waals surface area contributed by atoms with Gasteiger partial charge in [0.25, 0.3) is 0 Å². The number of hydrogen-bond donors (Lipinski definition) is 0. The van der Waals surface area contributed by atoms with Gasteiger partial charge < -0.3 is 9.05 Å². The van der Waals surface area contributed by atoms with E-state index in [-0.39, 0.29) is 19.1 Å². The molecule has 0 bridgehead atoms. The molecule has 0 spiro atoms. The molecule has 0 aliphatic carbocycles. The highest BCUT2D eigenvalue weighted by Crippen LogP contribution is 2.55. The van der Waals surface area contributed by atoms with Gasteiger partial charge in [0.15, 0.2) is 0 Å². The maximum atomic E-state index is 11.6. The van der Waals surface area contributed by atoms with E-state index in [1.807, 2.05) is 6.92 Å². The first-order valence-corrected chi connectivity index (χ1v) is 5.59. The van der Waals surface area contributed by atoms with E-state index >= 15 is 0 Å². The van der Waals surface area contributed by atoms with Gasteiger partial charge in [-0.05, 0) is 0 Å². The lowest BCUT2D eigenvalue weighted by Gasteiger charge is -2.26. The molecule has 13 heavy (non-hydrogen) atoms. The highest BCUT2D eigenvalue weighted by Gasteiger charge is 2.44. The van der Waals surface area contributed by atoms with E-state index in [4.69, 9.17) is 9.05 Å². The van der Waals surface area contributed by atoms with Crippen molar-refractivity contribution in [2.24, 2.45) is 5.92 Å². The molecule has 1 unspecified atom stereocenters. The molecule has 76 valence electrons. The third-order valence-corrected chi connectivity index (χ3v) is 3.96. The van der Waals surface area contributed by atoms with Gasteiger partial charge in [0, 0.05) is 17.8 Å². The second-order valence-electron chi connectivity index (χ2n) is 3.15. The van der Waals surface area contributed by atoms with Crippen molar-refractivity contribution in [1.82, 2.24) is 0 Å². The summed E-state index contributed by atoms with van der Waals surface area (Å²) in [7, 11) is -3.50. The van der Waals surface area contributed by atoms with Crippen LogP contribution in [-0.2, 0) is 13.6 Å². The van der Waals surface area contributed by atoms with Crippen LogP contribution in [0.5, 0.6) is 0 Å². The molecule has 0 aromatic rings. The Morgan fingerprint density at radius 2 is 2.00 bits per heavy atom. The summed E-state index contributed by atoms with van der Waals surface area (Å²) in [6.45, 7) is 3.61. The summed E-state index contributed by atoms with van der Waals surface area (Å²) in [5.74, 6) is -1.14. The van der Waals surface area contributed by atoms with Crippen molar-refractivity contribution in [1.29, 1.82) is 0 Å². The molecule has 1 heterocycles. The van der Waals surface area contributed by atoms with Gasteiger partial charge in [0.05, 0.1) is 13.2 Å². The Labute approximate surface area is 75.9 Å². The van der Waals surface area contributed by atoms with Crippen LogP contribution >= 0.6 is 7.60 Å². The van der Waals surface area contributed by atoms with Crippen molar-refractivity contribution in [3.05, 3.63) is 10.1 Å². The largest absolute Gasteiger partial charge is 0.403 e. The lowest BCUT2D eigenvalue weighted by Crippen LogP contribution is -2.26. The zero-order chi connectivity index (χ0) is 10.1. The summed E-state index contributed by atoms with van der Waals surface area (Å²) in [4.78, 5) is 9.72. The summed E-state index contributed by atoms with van der Waals surface area (Å²) >= 11 is 0. The Hall–Kier alpha value is -0.450. The summed E-state index contributed by atoms with van der Waals surface area (Å²) < 4.78 is 21.4. The molecule has 0 radical (unpaired) electrons. The van der Waals surface area contributed by atoms with Crippen LogP contribution in [0.25, 0.3) is 0 Å². The minimum Gasteiger partial charge on any atom is -0.303 e. The predicted molar refractivity (Wildman–Crippen MR) is 45.1 cm³/mol. The molecule has 1 rings (SSSR count). The van der Waals surface area contributed by atoms with E-state index in [0.717, 1.165) is 0 Å². The van der Waals surface area contributed by atoms with E-state index < -0.39 is 18.3 Å². The fraction of sp³-hybridized carbons (Fsp3) is 1.00. The highest BCUT2D eigenvalue weighted by atomic mass is 31.2. The van der Waals surface area contributed by atoms with Gasteiger partial charge in [-0.15, -0.1) is 0 Å². The normalized spacial score (nSPS) is 36.9. The van der Waals surface area contributed by atoms with Crippen molar-refractivity contribution in [2.45, 2.75) is 19.6 Å². The standard InChI is InChI=1S/C6H12NO5P/c1-5-3-11-13(10,12-4-5)6(2)7(8)9/h5-6H,3-4H2,1-2H3. The smallest absolute Gasteiger partial charge is 0.303 e. The fourth-order valence-electron chi connectivity index (χ4n) is 0.879. The van der Waals surface area contributed by atoms with Gasteiger partial charge in [-0.3, -0.25) is 14.7 Å². The van der Waals surface area contributed by atoms with Crippen molar-refractivity contribution >= 4 is 7.60 Å². The van der Waals surface area contributed by atoms with Crippen LogP contribution in [0.2, 0.25) is 0 Å². The van der Waals surface area contributed by atoms with Crippen LogP contribution in [-0.4, -0.2) is 23.9 Å². The Kier molecular flexibility index (Phi) is 3.05. The molecular weight excluding hydrogens is 197 g/mol. The summed E-state index contributed by atoms with van der Waals surface area (Å²) in [6.07, 6.45) is 0. The quantitative estimate of drug-likeness (QED) is 0.391. The SMILES string of the molecule is CC1COP(=O)(C(C)[N+](=O)[O-])OC1. The van der Waals surface area contributed by atoms with E-state index in [0.29, 0.717) is 0 Å². The number of nitro groups is 1. The molecule has 1 aliphatic heterocycles. The number of hydrogen-bond acceptors (Lipinski definition) is 5. The zero-order valence-corrected chi connectivity index (χ0v) is 8.40. The molecular formula is C6H12NO5P. The summed E-state index contributed by atoms with van der Waals surface area (Å²) in [5, 5.41) is 10.4. The Morgan fingerprint density at radius 1 is 1.54 bits per heavy atom. The molecule has 0 saturated carbocycles. The highest BCUT2D eigenvalue weighted by molar-refractivity contribution is 7.54. The van der Waals surface area contributed by atoms with Crippen molar-refractivity contribution in [3.8, 4) is 0 Å². The van der Waals surface area contributed by atoms with E-state index in [9.17, 15) is 14.7 Å². The van der Waals surface area contributed by atoms with Gasteiger partial charge in [-0.2, -0.15) is 0 Å². The predicted octanol–water partition coefficient (Wildman–Crippen LogP) is 1.49. The molecule has 1 fully saturated rings. The Balaban J connectivity index is 2.67. The minimum atomic E-state index is -3.50. The molecule has 1 saturated heterocycles. The van der Waals surface area contributed by atoms with Crippen LogP contribution in [0.3, 0.4) is 0 Å². The molecule has 7 heteroatoms. The van der Waals surface area contributed by atoms with Gasteiger partial charge in [0.1, 0.15) is 0 Å². The van der Waals surface area contributed by atoms with Gasteiger partial charge in [-0.25, -0.2) is 0 Å². The Bertz CT molecular complexity index is 243. The average Bonchev–Trinajstić information content (AvgIpc) is 2.09. The first-order valence-electron chi connectivity index (χ1n) is 3.98. The minimum absolute atomic E-state index is 0.140. The van der Waals surface area contributed by atoms with Gasteiger partial charge in [-0.1, -0.05) is 6.92 Å². The van der Waals surface area contributed by atoms with E-state index in [2.05, 4.69) is 0 Å². The molecule has 0 amide bonds. The summed E-state index contributed by atoms with van der Waals surface area (Å²) in [5.41, 5.74) is 0. The molecule has 1 atom stereocenters. The second-order valence-corrected chi connectivity index (χ2v) is 5.50. The van der Waals surface area contributed by atoms with Crippen LogP contribution < -0.4 is 0 Å². The maximum Gasteiger partial charge on any atom is 0.403 e. The van der Waals surface area contributed by atoms with Gasteiger partial charge >= 0.3 is 13.4 Å². The lowest BCUT2D eigenvalue weighted by molar-refractivity contribution is -0.497. The van der Waals surface area contributed by atoms with Crippen molar-refractivity contribution < 1.29 is 18.5 Å². The van der Waals surface area contributed by atoms with Crippen LogP contribution in [0, 0.1) is 16.0 Å². The van der Waals surface area contributed by atoms with Crippen LogP contribution in [0.15, 0.2) is 0 Å². The Morgan fingerprint density at radius 3 is 2.38 bits per heavy atom. The molecule has 6 nitrogen and oxygen atoms in total. The van der Waals surface area contributed by atoms with Crippen LogP contribution in [0.1, 0.15) is 13.8 Å². The topological polar surface area (TPSA) is 78.7 Å². The molecule has 0 aromatic carbocycles. The van der Waals surface area contributed by atoms with Crippen molar-refractivity contribution in [2.75, 3.05) is 13.2 Å².